The number of hydrogen-bond donors (Lipinski definition) is 2. The summed E-state index contributed by atoms with van der Waals surface area (Å²) in [5, 5.41) is 3.52. The van der Waals surface area contributed by atoms with Gasteiger partial charge in [-0.2, -0.15) is 4.31 Å². The lowest BCUT2D eigenvalue weighted by atomic mass is 9.98. The molecule has 1 aliphatic heterocycles. The molecule has 7 heteroatoms. The van der Waals surface area contributed by atoms with Crippen LogP contribution in [-0.4, -0.2) is 48.9 Å². The molecule has 0 atom stereocenters. The molecule has 2 rings (SSSR count). The van der Waals surface area contributed by atoms with Crippen LogP contribution in [0.3, 0.4) is 0 Å². The van der Waals surface area contributed by atoms with Crippen LogP contribution >= 0.6 is 0 Å². The second-order valence-electron chi connectivity index (χ2n) is 5.39. The third kappa shape index (κ3) is 3.59. The predicted octanol–water partition coefficient (Wildman–Crippen LogP) is 1.12. The van der Waals surface area contributed by atoms with E-state index in [1.807, 2.05) is 6.92 Å². The molecule has 6 nitrogen and oxygen atoms in total. The summed E-state index contributed by atoms with van der Waals surface area (Å²) in [5.41, 5.74) is 0. The van der Waals surface area contributed by atoms with Gasteiger partial charge in [-0.15, -0.1) is 0 Å². The predicted molar refractivity (Wildman–Crippen MR) is 78.0 cm³/mol. The number of nitrogens with one attached hydrogen (secondary N) is 2. The molecule has 1 aromatic rings. The number of H-pyrrole nitrogens is 1. The van der Waals surface area contributed by atoms with E-state index in [1.54, 1.807) is 11.2 Å². The highest BCUT2D eigenvalue weighted by atomic mass is 32.2. The third-order valence-electron chi connectivity index (χ3n) is 3.69. The lowest BCUT2D eigenvalue weighted by Gasteiger charge is -2.29. The minimum atomic E-state index is -3.45. The number of imidazole rings is 1. The normalized spacial score (nSPS) is 17.8. The van der Waals surface area contributed by atoms with Gasteiger partial charge in [0, 0.05) is 13.1 Å². The number of nitrogens with zero attached hydrogens (tertiary/aromatic N) is 2. The Morgan fingerprint density at radius 2 is 2.10 bits per heavy atom. The molecule has 2 N–H and O–H groups in total. The minimum absolute atomic E-state index is 0.206. The molecule has 20 heavy (non-hydrogen) atoms. The van der Waals surface area contributed by atoms with Crippen molar-refractivity contribution in [1.82, 2.24) is 19.6 Å². The lowest BCUT2D eigenvalue weighted by Crippen LogP contribution is -2.39. The molecule has 0 amide bonds. The Hall–Kier alpha value is -0.920. The highest BCUT2D eigenvalue weighted by Gasteiger charge is 2.28. The van der Waals surface area contributed by atoms with Gasteiger partial charge in [-0.1, -0.05) is 6.92 Å². The Morgan fingerprint density at radius 3 is 2.65 bits per heavy atom. The van der Waals surface area contributed by atoms with Gasteiger partial charge in [-0.25, -0.2) is 13.4 Å². The molecule has 114 valence electrons. The first-order valence-electron chi connectivity index (χ1n) is 7.26. The summed E-state index contributed by atoms with van der Waals surface area (Å²) in [5.74, 6) is 1.07. The van der Waals surface area contributed by atoms with Crippen LogP contribution in [-0.2, 0) is 10.0 Å². The quantitative estimate of drug-likeness (QED) is 0.825. The molecule has 1 saturated heterocycles. The van der Waals surface area contributed by atoms with Crippen LogP contribution in [0.5, 0.6) is 0 Å². The fourth-order valence-electron chi connectivity index (χ4n) is 2.58. The molecule has 0 unspecified atom stereocenters. The lowest BCUT2D eigenvalue weighted by molar-refractivity contribution is 0.287. The zero-order valence-corrected chi connectivity index (χ0v) is 13.0. The first-order valence-corrected chi connectivity index (χ1v) is 8.70. The summed E-state index contributed by atoms with van der Waals surface area (Å²) in [6.07, 6.45) is 4.31. The number of aromatic nitrogens is 2. The summed E-state index contributed by atoms with van der Waals surface area (Å²) in [6.45, 7) is 6.89. The van der Waals surface area contributed by atoms with Gasteiger partial charge in [0.2, 0.25) is 0 Å². The van der Waals surface area contributed by atoms with Crippen molar-refractivity contribution in [3.05, 3.63) is 12.0 Å². The summed E-state index contributed by atoms with van der Waals surface area (Å²) < 4.78 is 26.9. The van der Waals surface area contributed by atoms with Crippen molar-refractivity contribution < 1.29 is 8.42 Å². The van der Waals surface area contributed by atoms with Gasteiger partial charge in [0.15, 0.2) is 5.03 Å². The van der Waals surface area contributed by atoms with Crippen molar-refractivity contribution in [2.75, 3.05) is 26.2 Å². The Bertz CT molecular complexity index is 520. The standard InChI is InChI=1S/C13H24N4O2S/c1-3-8-17(10-12-4-6-14-7-5-12)20(18,19)13-9-15-11(2)16-13/h9,12,14H,3-8,10H2,1-2H3,(H,15,16). The topological polar surface area (TPSA) is 78.1 Å². The van der Waals surface area contributed by atoms with Gasteiger partial charge in [-0.05, 0) is 45.2 Å². The number of hydrogen-bond acceptors (Lipinski definition) is 4. The zero-order chi connectivity index (χ0) is 14.6. The van der Waals surface area contributed by atoms with Gasteiger partial charge in [-0.3, -0.25) is 0 Å². The van der Waals surface area contributed by atoms with E-state index >= 15 is 0 Å². The highest BCUT2D eigenvalue weighted by Crippen LogP contribution is 2.20. The molecular weight excluding hydrogens is 276 g/mol. The maximum absolute atomic E-state index is 12.6. The number of aryl methyl sites for hydroxylation is 1. The summed E-state index contributed by atoms with van der Waals surface area (Å²) >= 11 is 0. The van der Waals surface area contributed by atoms with Gasteiger partial charge in [0.25, 0.3) is 10.0 Å². The second-order valence-corrected chi connectivity index (χ2v) is 7.30. The number of rotatable bonds is 6. The van der Waals surface area contributed by atoms with Gasteiger partial charge < -0.3 is 10.3 Å². The van der Waals surface area contributed by atoms with E-state index in [1.165, 1.54) is 6.20 Å². The first-order chi connectivity index (χ1) is 9.54. The van der Waals surface area contributed by atoms with Crippen molar-refractivity contribution in [3.63, 3.8) is 0 Å². The van der Waals surface area contributed by atoms with Crippen LogP contribution < -0.4 is 5.32 Å². The monoisotopic (exact) mass is 300 g/mol. The molecule has 2 heterocycles. The average molecular weight is 300 g/mol. The van der Waals surface area contributed by atoms with Crippen LogP contribution in [0.1, 0.15) is 32.0 Å². The van der Waals surface area contributed by atoms with Crippen molar-refractivity contribution >= 4 is 10.0 Å². The SMILES string of the molecule is CCCN(CC1CCNCC1)S(=O)(=O)c1cnc(C)[nH]1. The van der Waals surface area contributed by atoms with E-state index in [2.05, 4.69) is 15.3 Å². The molecule has 0 radical (unpaired) electrons. The molecule has 0 bridgehead atoms. The fraction of sp³-hybridized carbons (Fsp3) is 0.769. The maximum Gasteiger partial charge on any atom is 0.260 e. The van der Waals surface area contributed by atoms with Crippen LogP contribution in [0.25, 0.3) is 0 Å². The van der Waals surface area contributed by atoms with Gasteiger partial charge >= 0.3 is 0 Å². The Kier molecular flexibility index (Phi) is 5.17. The third-order valence-corrected chi connectivity index (χ3v) is 5.47. The maximum atomic E-state index is 12.6. The van der Waals surface area contributed by atoms with Gasteiger partial charge in [0.05, 0.1) is 6.20 Å². The largest absolute Gasteiger partial charge is 0.332 e. The fourth-order valence-corrected chi connectivity index (χ4v) is 4.15. The van der Waals surface area contributed by atoms with Crippen LogP contribution in [0.2, 0.25) is 0 Å². The smallest absolute Gasteiger partial charge is 0.260 e. The van der Waals surface area contributed by atoms with Crippen molar-refractivity contribution in [3.8, 4) is 0 Å². The Balaban J connectivity index is 2.14. The van der Waals surface area contributed by atoms with E-state index < -0.39 is 10.0 Å². The Labute approximate surface area is 121 Å². The van der Waals surface area contributed by atoms with Crippen LogP contribution in [0, 0.1) is 12.8 Å². The molecule has 0 aliphatic carbocycles. The van der Waals surface area contributed by atoms with Crippen LogP contribution in [0.4, 0.5) is 0 Å². The number of sulfonamides is 1. The zero-order valence-electron chi connectivity index (χ0n) is 12.2. The molecule has 1 aliphatic rings. The minimum Gasteiger partial charge on any atom is -0.332 e. The van der Waals surface area contributed by atoms with Crippen LogP contribution in [0.15, 0.2) is 11.2 Å². The first kappa shape index (κ1) is 15.5. The number of piperidine rings is 1. The molecule has 0 spiro atoms. The van der Waals surface area contributed by atoms with Crippen molar-refractivity contribution in [2.45, 2.75) is 38.1 Å². The highest BCUT2D eigenvalue weighted by molar-refractivity contribution is 7.89. The molecule has 1 fully saturated rings. The van der Waals surface area contributed by atoms with Crippen molar-refractivity contribution in [1.29, 1.82) is 0 Å². The molecule has 1 aromatic heterocycles. The van der Waals surface area contributed by atoms with Crippen molar-refractivity contribution in [2.24, 2.45) is 5.92 Å². The average Bonchev–Trinajstić information content (AvgIpc) is 2.87. The summed E-state index contributed by atoms with van der Waals surface area (Å²) in [7, 11) is -3.45. The van der Waals surface area contributed by atoms with Gasteiger partial charge in [0.1, 0.15) is 5.82 Å². The molecule has 0 saturated carbocycles. The summed E-state index contributed by atoms with van der Waals surface area (Å²) in [4.78, 5) is 6.84. The van der Waals surface area contributed by atoms with E-state index in [0.717, 1.165) is 32.4 Å². The van der Waals surface area contributed by atoms with E-state index in [-0.39, 0.29) is 5.03 Å². The molecular formula is C13H24N4O2S. The second kappa shape index (κ2) is 6.69. The van der Waals surface area contributed by atoms with E-state index in [4.69, 9.17) is 0 Å². The van der Waals surface area contributed by atoms with E-state index in [0.29, 0.717) is 24.8 Å². The number of aromatic amines is 1. The summed E-state index contributed by atoms with van der Waals surface area (Å²) in [6, 6.07) is 0. The van der Waals surface area contributed by atoms with E-state index in [9.17, 15) is 8.42 Å². The Morgan fingerprint density at radius 1 is 1.40 bits per heavy atom. The molecule has 0 aromatic carbocycles.